The summed E-state index contributed by atoms with van der Waals surface area (Å²) in [4.78, 5) is 17.3. The number of anilines is 1. The van der Waals surface area contributed by atoms with E-state index in [1.165, 1.54) is 27.0 Å². The van der Waals surface area contributed by atoms with E-state index in [9.17, 15) is 13.2 Å². The summed E-state index contributed by atoms with van der Waals surface area (Å²) in [6.45, 7) is 2.56. The Bertz CT molecular complexity index is 783. The van der Waals surface area contributed by atoms with E-state index in [4.69, 9.17) is 0 Å². The van der Waals surface area contributed by atoms with E-state index in [1.807, 2.05) is 6.92 Å². The maximum Gasteiger partial charge on any atom is 0.252 e. The zero-order valence-corrected chi connectivity index (χ0v) is 15.0. The number of nitrogens with one attached hydrogen (secondary N) is 1. The fourth-order valence-electron chi connectivity index (χ4n) is 2.55. The Morgan fingerprint density at radius 3 is 2.91 bits per heavy atom. The summed E-state index contributed by atoms with van der Waals surface area (Å²) in [5.74, 6) is -0.509. The summed E-state index contributed by atoms with van der Waals surface area (Å²) < 4.78 is 27.1. The molecule has 0 bridgehead atoms. The van der Waals surface area contributed by atoms with Crippen molar-refractivity contribution in [2.75, 3.05) is 18.4 Å². The minimum atomic E-state index is -3.51. The van der Waals surface area contributed by atoms with E-state index in [2.05, 4.69) is 10.3 Å². The summed E-state index contributed by atoms with van der Waals surface area (Å²) in [5.41, 5.74) is 0. The number of thiazole rings is 1. The van der Waals surface area contributed by atoms with Crippen molar-refractivity contribution in [3.05, 3.63) is 28.6 Å². The van der Waals surface area contributed by atoms with Gasteiger partial charge in [0.25, 0.3) is 10.0 Å². The Balaban J connectivity index is 1.71. The molecule has 0 aliphatic carbocycles. The van der Waals surface area contributed by atoms with Crippen LogP contribution in [0.1, 0.15) is 17.7 Å². The van der Waals surface area contributed by atoms with Crippen LogP contribution in [0.25, 0.3) is 0 Å². The van der Waals surface area contributed by atoms with E-state index in [1.54, 1.807) is 23.7 Å². The Kier molecular flexibility index (Phi) is 4.81. The van der Waals surface area contributed by atoms with Crippen LogP contribution in [0.15, 0.2) is 27.9 Å². The van der Waals surface area contributed by atoms with Crippen molar-refractivity contribution in [2.45, 2.75) is 24.0 Å². The number of aryl methyl sites for hydroxylation is 1. The van der Waals surface area contributed by atoms with Crippen molar-refractivity contribution in [2.24, 2.45) is 5.92 Å². The van der Waals surface area contributed by atoms with E-state index in [0.29, 0.717) is 28.7 Å². The van der Waals surface area contributed by atoms with Crippen LogP contribution in [0.2, 0.25) is 0 Å². The molecule has 1 N–H and O–H groups in total. The van der Waals surface area contributed by atoms with Crippen molar-refractivity contribution in [3.63, 3.8) is 0 Å². The Labute approximate surface area is 143 Å². The van der Waals surface area contributed by atoms with Gasteiger partial charge in [0.05, 0.1) is 5.92 Å². The summed E-state index contributed by atoms with van der Waals surface area (Å²) in [5, 5.41) is 5.09. The number of aromatic nitrogens is 1. The number of amides is 1. The van der Waals surface area contributed by atoms with Gasteiger partial charge < -0.3 is 5.32 Å². The number of piperidine rings is 1. The number of nitrogens with zero attached hydrogens (tertiary/aromatic N) is 2. The second-order valence-electron chi connectivity index (χ2n) is 5.39. The molecule has 23 heavy (non-hydrogen) atoms. The molecular weight excluding hydrogens is 354 g/mol. The summed E-state index contributed by atoms with van der Waals surface area (Å²) in [7, 11) is -3.51. The highest BCUT2D eigenvalue weighted by atomic mass is 32.2. The first kappa shape index (κ1) is 16.6. The molecule has 3 rings (SSSR count). The average Bonchev–Trinajstić information content (AvgIpc) is 3.19. The minimum absolute atomic E-state index is 0.165. The molecule has 1 amide bonds. The van der Waals surface area contributed by atoms with Crippen LogP contribution >= 0.6 is 22.7 Å². The van der Waals surface area contributed by atoms with Crippen LogP contribution in [0.5, 0.6) is 0 Å². The molecule has 1 fully saturated rings. The fourth-order valence-corrected chi connectivity index (χ4v) is 6.04. The highest BCUT2D eigenvalue weighted by molar-refractivity contribution is 7.91. The van der Waals surface area contributed by atoms with Gasteiger partial charge in [-0.1, -0.05) is 0 Å². The zero-order valence-electron chi connectivity index (χ0n) is 12.6. The van der Waals surface area contributed by atoms with Crippen LogP contribution in [0, 0.1) is 12.8 Å². The molecule has 1 saturated heterocycles. The van der Waals surface area contributed by atoms with E-state index in [-0.39, 0.29) is 18.4 Å². The number of thiophene rings is 1. The third-order valence-corrected chi connectivity index (χ3v) is 7.75. The van der Waals surface area contributed by atoms with Gasteiger partial charge in [0.1, 0.15) is 4.21 Å². The van der Waals surface area contributed by atoms with Gasteiger partial charge in [-0.05, 0) is 31.9 Å². The topological polar surface area (TPSA) is 79.4 Å². The quantitative estimate of drug-likeness (QED) is 0.896. The summed E-state index contributed by atoms with van der Waals surface area (Å²) in [6, 6.07) is 3.43. The molecule has 6 nitrogen and oxygen atoms in total. The molecule has 0 radical (unpaired) electrons. The van der Waals surface area contributed by atoms with Crippen LogP contribution < -0.4 is 5.32 Å². The second kappa shape index (κ2) is 6.68. The second-order valence-corrected chi connectivity index (χ2v) is 9.74. The fraction of sp³-hybridized carbons (Fsp3) is 0.429. The van der Waals surface area contributed by atoms with E-state index >= 15 is 0 Å². The molecular formula is C14H17N3O3S3. The highest BCUT2D eigenvalue weighted by Gasteiger charge is 2.34. The van der Waals surface area contributed by atoms with Crippen molar-refractivity contribution in [1.29, 1.82) is 0 Å². The zero-order chi connectivity index (χ0) is 16.4. The first-order valence-electron chi connectivity index (χ1n) is 7.24. The predicted molar refractivity (Wildman–Crippen MR) is 91.3 cm³/mol. The lowest BCUT2D eigenvalue weighted by molar-refractivity contribution is -0.120. The minimum Gasteiger partial charge on any atom is -0.302 e. The Hall–Kier alpha value is -1.29. The lowest BCUT2D eigenvalue weighted by Gasteiger charge is -2.30. The molecule has 0 spiro atoms. The summed E-state index contributed by atoms with van der Waals surface area (Å²) in [6.07, 6.45) is 2.99. The van der Waals surface area contributed by atoms with Gasteiger partial charge in [0, 0.05) is 29.5 Å². The smallest absolute Gasteiger partial charge is 0.252 e. The number of rotatable bonds is 4. The molecule has 9 heteroatoms. The SMILES string of the molecule is Cc1ccc(S(=O)(=O)N2CCC[C@@H](C(=O)Nc3nccs3)C2)s1. The molecule has 1 aliphatic heterocycles. The van der Waals surface area contributed by atoms with Gasteiger partial charge >= 0.3 is 0 Å². The molecule has 0 aromatic carbocycles. The molecule has 3 heterocycles. The Morgan fingerprint density at radius 2 is 2.26 bits per heavy atom. The van der Waals surface area contributed by atoms with E-state index < -0.39 is 10.0 Å². The first-order valence-corrected chi connectivity index (χ1v) is 10.4. The van der Waals surface area contributed by atoms with Gasteiger partial charge in [-0.25, -0.2) is 13.4 Å². The monoisotopic (exact) mass is 371 g/mol. The van der Waals surface area contributed by atoms with Crippen molar-refractivity contribution >= 4 is 43.7 Å². The highest BCUT2D eigenvalue weighted by Crippen LogP contribution is 2.28. The maximum absolute atomic E-state index is 12.7. The maximum atomic E-state index is 12.7. The largest absolute Gasteiger partial charge is 0.302 e. The molecule has 124 valence electrons. The first-order chi connectivity index (χ1) is 11.0. The summed E-state index contributed by atoms with van der Waals surface area (Å²) >= 11 is 2.61. The van der Waals surface area contributed by atoms with Crippen LogP contribution in [0.4, 0.5) is 5.13 Å². The predicted octanol–water partition coefficient (Wildman–Crippen LogP) is 2.55. The lowest BCUT2D eigenvalue weighted by Crippen LogP contribution is -2.43. The Morgan fingerprint density at radius 1 is 1.43 bits per heavy atom. The van der Waals surface area contributed by atoms with Crippen LogP contribution in [0.3, 0.4) is 0 Å². The molecule has 2 aromatic heterocycles. The van der Waals surface area contributed by atoms with Gasteiger partial charge in [-0.15, -0.1) is 22.7 Å². The molecule has 2 aromatic rings. The van der Waals surface area contributed by atoms with Crippen LogP contribution in [-0.2, 0) is 14.8 Å². The average molecular weight is 372 g/mol. The van der Waals surface area contributed by atoms with Gasteiger partial charge in [-0.3, -0.25) is 4.79 Å². The van der Waals surface area contributed by atoms with E-state index in [0.717, 1.165) is 4.88 Å². The van der Waals surface area contributed by atoms with Crippen molar-refractivity contribution in [3.8, 4) is 0 Å². The number of sulfonamides is 1. The number of hydrogen-bond acceptors (Lipinski definition) is 6. The standard InChI is InChI=1S/C14H17N3O3S3/c1-10-4-5-12(22-10)23(19,20)17-7-2-3-11(9-17)13(18)16-14-15-6-8-21-14/h4-6,8,11H,2-3,7,9H2,1H3,(H,15,16,18)/t11-/m1/s1. The number of carbonyl (C=O) groups excluding carboxylic acids is 1. The van der Waals surface area contributed by atoms with Crippen molar-refractivity contribution < 1.29 is 13.2 Å². The molecule has 0 saturated carbocycles. The number of carbonyl (C=O) groups is 1. The normalized spacial score (nSPS) is 19.6. The third-order valence-electron chi connectivity index (χ3n) is 3.73. The molecule has 0 unspecified atom stereocenters. The van der Waals surface area contributed by atoms with Gasteiger partial charge in [0.15, 0.2) is 5.13 Å². The third kappa shape index (κ3) is 3.63. The number of hydrogen-bond donors (Lipinski definition) is 1. The van der Waals surface area contributed by atoms with Gasteiger partial charge in [-0.2, -0.15) is 4.31 Å². The lowest BCUT2D eigenvalue weighted by atomic mass is 9.99. The van der Waals surface area contributed by atoms with Crippen LogP contribution in [-0.4, -0.2) is 36.7 Å². The molecule has 1 atom stereocenters. The van der Waals surface area contributed by atoms with Crippen molar-refractivity contribution in [1.82, 2.24) is 9.29 Å². The molecule has 1 aliphatic rings. The van der Waals surface area contributed by atoms with Gasteiger partial charge in [0.2, 0.25) is 5.91 Å².